The molecule has 0 bridgehead atoms. The maximum atomic E-state index is 12.1. The van der Waals surface area contributed by atoms with Gasteiger partial charge in [-0.15, -0.1) is 0 Å². The molecule has 0 saturated carbocycles. The van der Waals surface area contributed by atoms with E-state index in [2.05, 4.69) is 0 Å². The summed E-state index contributed by atoms with van der Waals surface area (Å²) in [7, 11) is -3.71. The average Bonchev–Trinajstić information content (AvgIpc) is 2.39. The molecule has 0 spiro atoms. The second-order valence-electron chi connectivity index (χ2n) is 4.64. The van der Waals surface area contributed by atoms with Crippen LogP contribution in [0.1, 0.15) is 12.8 Å². The number of halogens is 1. The van der Waals surface area contributed by atoms with E-state index in [-0.39, 0.29) is 10.7 Å². The van der Waals surface area contributed by atoms with Gasteiger partial charge in [0.2, 0.25) is 5.91 Å². The molecule has 1 aromatic carbocycles. The third-order valence-electron chi connectivity index (χ3n) is 3.14. The Labute approximate surface area is 122 Å². The monoisotopic (exact) mass is 315 g/mol. The summed E-state index contributed by atoms with van der Waals surface area (Å²) in [5.41, 5.74) is 0. The van der Waals surface area contributed by atoms with E-state index in [0.29, 0.717) is 31.0 Å². The fourth-order valence-electron chi connectivity index (χ4n) is 2.00. The van der Waals surface area contributed by atoms with Crippen LogP contribution in [0.4, 0.5) is 0 Å². The summed E-state index contributed by atoms with van der Waals surface area (Å²) in [4.78, 5) is 24.5. The standard InChI is InChI=1S/C13H14ClNO4S/c14-10-2-1-3-12(8-10)20(18,19)9-13(17)15-6-4-11(16)5-7-15/h1-3,8H,4-7,9H2. The Balaban J connectivity index is 2.08. The first kappa shape index (κ1) is 15.0. The fraction of sp³-hybridized carbons (Fsp3) is 0.385. The van der Waals surface area contributed by atoms with Gasteiger partial charge in [0.1, 0.15) is 11.5 Å². The summed E-state index contributed by atoms with van der Waals surface area (Å²) in [6, 6.07) is 5.83. The van der Waals surface area contributed by atoms with Crippen molar-refractivity contribution in [2.45, 2.75) is 17.7 Å². The van der Waals surface area contributed by atoms with Gasteiger partial charge in [-0.2, -0.15) is 0 Å². The predicted octanol–water partition coefficient (Wildman–Crippen LogP) is 1.31. The summed E-state index contributed by atoms with van der Waals surface area (Å²) in [6.45, 7) is 0.589. The van der Waals surface area contributed by atoms with Crippen LogP contribution in [0.5, 0.6) is 0 Å². The lowest BCUT2D eigenvalue weighted by Gasteiger charge is -2.25. The van der Waals surface area contributed by atoms with Crippen molar-refractivity contribution in [3.63, 3.8) is 0 Å². The average molecular weight is 316 g/mol. The number of carbonyl (C=O) groups excluding carboxylic acids is 2. The number of amides is 1. The van der Waals surface area contributed by atoms with E-state index < -0.39 is 21.5 Å². The number of sulfone groups is 1. The van der Waals surface area contributed by atoms with Gasteiger partial charge in [0, 0.05) is 31.0 Å². The summed E-state index contributed by atoms with van der Waals surface area (Å²) in [5.74, 6) is -0.967. The molecular weight excluding hydrogens is 302 g/mol. The molecule has 2 rings (SSSR count). The summed E-state index contributed by atoms with van der Waals surface area (Å²) in [5, 5.41) is 0.307. The number of hydrogen-bond donors (Lipinski definition) is 0. The van der Waals surface area contributed by atoms with E-state index in [1.54, 1.807) is 6.07 Å². The SMILES string of the molecule is O=C1CCN(C(=O)CS(=O)(=O)c2cccc(Cl)c2)CC1. The normalized spacial score (nSPS) is 16.2. The number of carbonyl (C=O) groups is 2. The number of hydrogen-bond acceptors (Lipinski definition) is 4. The van der Waals surface area contributed by atoms with Crippen LogP contribution in [0.2, 0.25) is 5.02 Å². The molecule has 1 aromatic rings. The number of ketones is 1. The molecule has 0 N–H and O–H groups in total. The van der Waals surface area contributed by atoms with E-state index in [0.717, 1.165) is 0 Å². The number of likely N-dealkylation sites (tertiary alicyclic amines) is 1. The Kier molecular flexibility index (Phi) is 4.45. The minimum absolute atomic E-state index is 0.0337. The van der Waals surface area contributed by atoms with Gasteiger partial charge in [-0.05, 0) is 18.2 Å². The molecule has 0 aromatic heterocycles. The molecule has 1 heterocycles. The third-order valence-corrected chi connectivity index (χ3v) is 4.98. The lowest BCUT2D eigenvalue weighted by Crippen LogP contribution is -2.41. The number of piperidine rings is 1. The number of Topliss-reactive ketones (excluding diaryl/α,β-unsaturated/α-hetero) is 1. The molecule has 0 unspecified atom stereocenters. The van der Waals surface area contributed by atoms with Gasteiger partial charge in [-0.25, -0.2) is 8.42 Å². The fourth-order valence-corrected chi connectivity index (χ4v) is 3.52. The first-order valence-corrected chi connectivity index (χ1v) is 8.19. The van der Waals surface area contributed by atoms with Crippen molar-refractivity contribution in [3.8, 4) is 0 Å². The molecular formula is C13H14ClNO4S. The van der Waals surface area contributed by atoms with Crippen molar-refractivity contribution in [1.29, 1.82) is 0 Å². The van der Waals surface area contributed by atoms with Crippen LogP contribution in [-0.2, 0) is 19.4 Å². The van der Waals surface area contributed by atoms with Gasteiger partial charge in [-0.3, -0.25) is 9.59 Å². The topological polar surface area (TPSA) is 71.5 Å². The molecule has 108 valence electrons. The lowest BCUT2D eigenvalue weighted by molar-refractivity contribution is -0.132. The highest BCUT2D eigenvalue weighted by Crippen LogP contribution is 2.17. The van der Waals surface area contributed by atoms with Gasteiger partial charge in [0.25, 0.3) is 0 Å². The highest BCUT2D eigenvalue weighted by atomic mass is 35.5. The van der Waals surface area contributed by atoms with Crippen molar-refractivity contribution in [3.05, 3.63) is 29.3 Å². The molecule has 1 fully saturated rings. The van der Waals surface area contributed by atoms with Crippen LogP contribution in [0.15, 0.2) is 29.2 Å². The highest BCUT2D eigenvalue weighted by Gasteiger charge is 2.26. The smallest absolute Gasteiger partial charge is 0.238 e. The molecule has 1 saturated heterocycles. The summed E-state index contributed by atoms with van der Waals surface area (Å²) < 4.78 is 24.3. The van der Waals surface area contributed by atoms with Crippen LogP contribution in [-0.4, -0.2) is 43.9 Å². The van der Waals surface area contributed by atoms with Gasteiger partial charge in [0.05, 0.1) is 4.90 Å². The summed E-state index contributed by atoms with van der Waals surface area (Å²) in [6.07, 6.45) is 0.589. The minimum atomic E-state index is -3.71. The Morgan fingerprint density at radius 2 is 1.90 bits per heavy atom. The number of benzene rings is 1. The third kappa shape index (κ3) is 3.58. The number of rotatable bonds is 3. The Morgan fingerprint density at radius 3 is 2.50 bits per heavy atom. The van der Waals surface area contributed by atoms with Crippen LogP contribution in [0, 0.1) is 0 Å². The first-order valence-electron chi connectivity index (χ1n) is 6.16. The maximum Gasteiger partial charge on any atom is 0.238 e. The largest absolute Gasteiger partial charge is 0.341 e. The van der Waals surface area contributed by atoms with Gasteiger partial charge in [-0.1, -0.05) is 17.7 Å². The Hall–Kier alpha value is -1.40. The zero-order valence-electron chi connectivity index (χ0n) is 10.7. The predicted molar refractivity (Wildman–Crippen MR) is 74.3 cm³/mol. The van der Waals surface area contributed by atoms with Gasteiger partial charge >= 0.3 is 0 Å². The van der Waals surface area contributed by atoms with Crippen molar-refractivity contribution < 1.29 is 18.0 Å². The van der Waals surface area contributed by atoms with Crippen LogP contribution in [0.3, 0.4) is 0 Å². The maximum absolute atomic E-state index is 12.1. The summed E-state index contributed by atoms with van der Waals surface area (Å²) >= 11 is 5.75. The molecule has 0 atom stereocenters. The molecule has 0 aliphatic carbocycles. The molecule has 1 aliphatic heterocycles. The zero-order valence-corrected chi connectivity index (χ0v) is 12.3. The van der Waals surface area contributed by atoms with E-state index in [1.807, 2.05) is 0 Å². The van der Waals surface area contributed by atoms with Crippen molar-refractivity contribution in [2.24, 2.45) is 0 Å². The molecule has 5 nitrogen and oxygen atoms in total. The van der Waals surface area contributed by atoms with E-state index >= 15 is 0 Å². The quantitative estimate of drug-likeness (QED) is 0.843. The second kappa shape index (κ2) is 5.93. The van der Waals surface area contributed by atoms with Gasteiger partial charge in [0.15, 0.2) is 9.84 Å². The first-order chi connectivity index (χ1) is 9.38. The lowest BCUT2D eigenvalue weighted by atomic mass is 10.1. The van der Waals surface area contributed by atoms with Crippen molar-refractivity contribution >= 4 is 33.1 Å². The van der Waals surface area contributed by atoms with Crippen molar-refractivity contribution in [1.82, 2.24) is 4.90 Å². The van der Waals surface area contributed by atoms with Gasteiger partial charge < -0.3 is 4.90 Å². The zero-order chi connectivity index (χ0) is 14.8. The van der Waals surface area contributed by atoms with E-state index in [9.17, 15) is 18.0 Å². The van der Waals surface area contributed by atoms with Crippen molar-refractivity contribution in [2.75, 3.05) is 18.8 Å². The number of nitrogens with zero attached hydrogens (tertiary/aromatic N) is 1. The molecule has 1 aliphatic rings. The molecule has 0 radical (unpaired) electrons. The van der Waals surface area contributed by atoms with E-state index in [1.165, 1.54) is 23.1 Å². The second-order valence-corrected chi connectivity index (χ2v) is 7.06. The van der Waals surface area contributed by atoms with Crippen LogP contribution in [0.25, 0.3) is 0 Å². The van der Waals surface area contributed by atoms with Crippen LogP contribution < -0.4 is 0 Å². The Morgan fingerprint density at radius 1 is 1.25 bits per heavy atom. The molecule has 20 heavy (non-hydrogen) atoms. The van der Waals surface area contributed by atoms with E-state index in [4.69, 9.17) is 11.6 Å². The Bertz CT molecular complexity index is 632. The highest BCUT2D eigenvalue weighted by molar-refractivity contribution is 7.92. The molecule has 1 amide bonds. The van der Waals surface area contributed by atoms with Crippen LogP contribution >= 0.6 is 11.6 Å². The molecule has 7 heteroatoms. The minimum Gasteiger partial charge on any atom is -0.341 e.